The molecule has 0 radical (unpaired) electrons. The Kier molecular flexibility index (Phi) is 10.0. The fourth-order valence-electron chi connectivity index (χ4n) is 4.53. The minimum atomic E-state index is -2.17. The summed E-state index contributed by atoms with van der Waals surface area (Å²) in [6.07, 6.45) is 5.14. The van der Waals surface area contributed by atoms with Gasteiger partial charge >= 0.3 is 0 Å². The first kappa shape index (κ1) is 28.5. The number of likely N-dealkylation sites (tertiary alicyclic amines) is 1. The molecule has 0 aromatic heterocycles. The highest BCUT2D eigenvalue weighted by Gasteiger charge is 2.49. The summed E-state index contributed by atoms with van der Waals surface area (Å²) in [4.78, 5) is 9.61. The second-order valence-corrected chi connectivity index (χ2v) is 9.42. The molecule has 1 saturated heterocycles. The molecule has 0 unspecified atom stereocenters. The number of rotatable bonds is 4. The lowest BCUT2D eigenvalue weighted by molar-refractivity contribution is -0.0216. The topological polar surface area (TPSA) is 30.9 Å². The number of nitrogens with zero attached hydrogens (tertiary/aromatic N) is 3. The number of hydrogen-bond acceptors (Lipinski definition) is 4. The van der Waals surface area contributed by atoms with Gasteiger partial charge in [0.2, 0.25) is 12.4 Å². The molecule has 1 N–H and O–H groups in total. The predicted molar refractivity (Wildman–Crippen MR) is 141 cm³/mol. The third-order valence-corrected chi connectivity index (χ3v) is 6.43. The molecule has 0 atom stereocenters. The van der Waals surface area contributed by atoms with Crippen LogP contribution in [0.25, 0.3) is 5.70 Å². The van der Waals surface area contributed by atoms with Crippen molar-refractivity contribution in [3.05, 3.63) is 59.1 Å². The van der Waals surface area contributed by atoms with E-state index < -0.39 is 6.43 Å². The number of allylic oxidation sites excluding steroid dienone is 4. The van der Waals surface area contributed by atoms with Crippen molar-refractivity contribution in [3.63, 3.8) is 0 Å². The monoisotopic (exact) mass is 490 g/mol. The standard InChI is InChI=1S/C24H31FN4.C2H4F2.C2H6/c1-16-11-20(13-26-18(3)8-7-17(2)25)22-21(12-16)19(4)28(5)23(27-22)29-14-24(15-29)9-6-10-24;1-2(3)4;1-2/h7-8,11-12,26H,4,6,9-10,13-15H2,1-3,5H3;2H,1H3;1-2H3/b17-7+,18-8+;;. The number of benzene rings is 1. The molecule has 35 heavy (non-hydrogen) atoms. The fourth-order valence-corrected chi connectivity index (χ4v) is 4.53. The van der Waals surface area contributed by atoms with E-state index >= 15 is 0 Å². The summed E-state index contributed by atoms with van der Waals surface area (Å²) in [7, 11) is 2.06. The van der Waals surface area contributed by atoms with Crippen molar-refractivity contribution in [2.75, 3.05) is 20.1 Å². The minimum absolute atomic E-state index is 0.202. The number of guanidine groups is 1. The lowest BCUT2D eigenvalue weighted by Crippen LogP contribution is -2.63. The molecular formula is C28H41F3N4. The Hall–Kier alpha value is -2.70. The maximum Gasteiger partial charge on any atom is 0.235 e. The maximum absolute atomic E-state index is 13.0. The third kappa shape index (κ3) is 7.15. The molecule has 0 amide bonds. The van der Waals surface area contributed by atoms with Gasteiger partial charge in [0.1, 0.15) is 0 Å². The second kappa shape index (κ2) is 12.3. The van der Waals surface area contributed by atoms with Gasteiger partial charge in [-0.25, -0.2) is 18.2 Å². The van der Waals surface area contributed by atoms with Crippen LogP contribution in [0, 0.1) is 12.3 Å². The van der Waals surface area contributed by atoms with Crippen molar-refractivity contribution in [1.82, 2.24) is 15.1 Å². The first-order valence-corrected chi connectivity index (χ1v) is 12.4. The van der Waals surface area contributed by atoms with E-state index in [-0.39, 0.29) is 5.83 Å². The highest BCUT2D eigenvalue weighted by atomic mass is 19.3. The Bertz CT molecular complexity index is 975. The maximum atomic E-state index is 13.0. The number of halogens is 3. The first-order chi connectivity index (χ1) is 16.5. The van der Waals surface area contributed by atoms with Crippen LogP contribution >= 0.6 is 0 Å². The minimum Gasteiger partial charge on any atom is -0.384 e. The zero-order valence-corrected chi connectivity index (χ0v) is 22.3. The fraction of sp³-hybridized carbons (Fsp3) is 0.536. The van der Waals surface area contributed by atoms with E-state index in [1.807, 2.05) is 20.8 Å². The quantitative estimate of drug-likeness (QED) is 0.442. The van der Waals surface area contributed by atoms with E-state index in [0.717, 1.165) is 54.2 Å². The summed E-state index contributed by atoms with van der Waals surface area (Å²) in [6.45, 7) is 17.5. The smallest absolute Gasteiger partial charge is 0.235 e. The van der Waals surface area contributed by atoms with E-state index in [0.29, 0.717) is 12.0 Å². The van der Waals surface area contributed by atoms with Crippen LogP contribution in [-0.2, 0) is 6.54 Å². The Morgan fingerprint density at radius 3 is 2.31 bits per heavy atom. The molecule has 194 valence electrons. The molecule has 2 aliphatic heterocycles. The van der Waals surface area contributed by atoms with Gasteiger partial charge in [-0.1, -0.05) is 32.9 Å². The van der Waals surface area contributed by atoms with Crippen LogP contribution < -0.4 is 5.32 Å². The van der Waals surface area contributed by atoms with Crippen molar-refractivity contribution in [2.24, 2.45) is 10.4 Å². The third-order valence-electron chi connectivity index (χ3n) is 6.43. The number of alkyl halides is 2. The molecule has 3 aliphatic rings. The normalized spacial score (nSPS) is 18.5. The number of fused-ring (bicyclic) bond motifs is 1. The van der Waals surface area contributed by atoms with Gasteiger partial charge in [0, 0.05) is 49.1 Å². The SMILES string of the molecule is C=C1c2cc(C)cc(CN/C(C)=C/C=C(\C)F)c2N=C(N2CC3(CCC3)C2)N1C.CC.CC(F)F. The molecule has 2 fully saturated rings. The summed E-state index contributed by atoms with van der Waals surface area (Å²) in [5.74, 6) is 0.805. The number of nitrogens with one attached hydrogen (secondary N) is 1. The lowest BCUT2D eigenvalue weighted by Gasteiger charge is -2.58. The average Bonchev–Trinajstić information content (AvgIpc) is 2.73. The van der Waals surface area contributed by atoms with Crippen LogP contribution in [0.1, 0.15) is 70.6 Å². The molecule has 1 spiro atoms. The highest BCUT2D eigenvalue weighted by Crippen LogP contribution is 2.49. The lowest BCUT2D eigenvalue weighted by atomic mass is 9.63. The van der Waals surface area contributed by atoms with E-state index in [2.05, 4.69) is 47.8 Å². The molecule has 1 aromatic carbocycles. The van der Waals surface area contributed by atoms with Crippen molar-refractivity contribution in [3.8, 4) is 0 Å². The van der Waals surface area contributed by atoms with Crippen molar-refractivity contribution >= 4 is 17.3 Å². The van der Waals surface area contributed by atoms with Crippen molar-refractivity contribution < 1.29 is 13.2 Å². The van der Waals surface area contributed by atoms with E-state index in [4.69, 9.17) is 4.99 Å². The predicted octanol–water partition coefficient (Wildman–Crippen LogP) is 7.55. The summed E-state index contributed by atoms with van der Waals surface area (Å²) >= 11 is 0. The van der Waals surface area contributed by atoms with Gasteiger partial charge in [-0.15, -0.1) is 0 Å². The summed E-state index contributed by atoms with van der Waals surface area (Å²) in [5, 5.41) is 3.38. The van der Waals surface area contributed by atoms with Gasteiger partial charge in [0.25, 0.3) is 0 Å². The summed E-state index contributed by atoms with van der Waals surface area (Å²) in [5.41, 5.74) is 6.88. The van der Waals surface area contributed by atoms with Gasteiger partial charge in [-0.3, -0.25) is 0 Å². The van der Waals surface area contributed by atoms with Crippen LogP contribution in [0.5, 0.6) is 0 Å². The summed E-state index contributed by atoms with van der Waals surface area (Å²) in [6, 6.07) is 4.35. The first-order valence-electron chi connectivity index (χ1n) is 12.4. The molecule has 4 nitrogen and oxygen atoms in total. The molecule has 2 heterocycles. The van der Waals surface area contributed by atoms with E-state index in [1.54, 1.807) is 6.08 Å². The second-order valence-electron chi connectivity index (χ2n) is 9.42. The zero-order valence-electron chi connectivity index (χ0n) is 22.3. The van der Waals surface area contributed by atoms with Gasteiger partial charge in [0.15, 0.2) is 0 Å². The Morgan fingerprint density at radius 2 is 1.80 bits per heavy atom. The average molecular weight is 491 g/mol. The molecule has 7 heteroatoms. The molecule has 1 aliphatic carbocycles. The van der Waals surface area contributed by atoms with Crippen LogP contribution in [0.15, 0.2) is 47.4 Å². The Labute approximate surface area is 209 Å². The van der Waals surface area contributed by atoms with Crippen LogP contribution in [0.3, 0.4) is 0 Å². The van der Waals surface area contributed by atoms with Crippen molar-refractivity contribution in [2.45, 2.75) is 73.8 Å². The molecular weight excluding hydrogens is 449 g/mol. The molecule has 0 bridgehead atoms. The Morgan fingerprint density at radius 1 is 1.20 bits per heavy atom. The zero-order chi connectivity index (χ0) is 26.3. The number of hydrogen-bond donors (Lipinski definition) is 1. The molecule has 4 rings (SSSR count). The van der Waals surface area contributed by atoms with Crippen molar-refractivity contribution in [1.29, 1.82) is 0 Å². The molecule has 1 saturated carbocycles. The van der Waals surface area contributed by atoms with E-state index in [9.17, 15) is 13.2 Å². The Balaban J connectivity index is 0.000000655. The van der Waals surface area contributed by atoms with Crippen LogP contribution in [0.2, 0.25) is 0 Å². The summed E-state index contributed by atoms with van der Waals surface area (Å²) < 4.78 is 33.6. The van der Waals surface area contributed by atoms with Crippen LogP contribution in [-0.4, -0.2) is 42.3 Å². The van der Waals surface area contributed by atoms with Gasteiger partial charge < -0.3 is 15.1 Å². The van der Waals surface area contributed by atoms with Gasteiger partial charge in [-0.05, 0) is 69.9 Å². The largest absolute Gasteiger partial charge is 0.384 e. The number of aliphatic imine (C=N–C) groups is 1. The van der Waals surface area contributed by atoms with E-state index in [1.165, 1.54) is 37.8 Å². The van der Waals surface area contributed by atoms with Gasteiger partial charge in [0.05, 0.1) is 11.5 Å². The molecule has 1 aromatic rings. The van der Waals surface area contributed by atoms with Gasteiger partial charge in [-0.2, -0.15) is 0 Å². The highest BCUT2D eigenvalue weighted by molar-refractivity contribution is 5.97. The van der Waals surface area contributed by atoms with Crippen LogP contribution in [0.4, 0.5) is 18.9 Å². The number of aryl methyl sites for hydroxylation is 1.